The van der Waals surface area contributed by atoms with Crippen LogP contribution in [0.5, 0.6) is 0 Å². The number of sulfonamides is 1. The van der Waals surface area contributed by atoms with E-state index in [1.165, 1.54) is 11.3 Å². The van der Waals surface area contributed by atoms with Crippen molar-refractivity contribution in [2.75, 3.05) is 31.1 Å². The molecule has 0 spiro atoms. The van der Waals surface area contributed by atoms with E-state index in [-0.39, 0.29) is 0 Å². The summed E-state index contributed by atoms with van der Waals surface area (Å²) >= 11 is 3.12. The number of piperazine rings is 1. The third-order valence-corrected chi connectivity index (χ3v) is 7.49. The van der Waals surface area contributed by atoms with Gasteiger partial charge >= 0.3 is 0 Å². The van der Waals surface area contributed by atoms with Gasteiger partial charge in [0.05, 0.1) is 4.90 Å². The Balaban J connectivity index is 1.76. The summed E-state index contributed by atoms with van der Waals surface area (Å²) in [6, 6.07) is 1.78. The average Bonchev–Trinajstić information content (AvgIpc) is 3.09. The third kappa shape index (κ3) is 2.85. The molecule has 0 saturated carbocycles. The zero-order chi connectivity index (χ0) is 15.0. The highest BCUT2D eigenvalue weighted by Crippen LogP contribution is 2.29. The van der Waals surface area contributed by atoms with E-state index in [1.807, 2.05) is 19.2 Å². The Morgan fingerprint density at radius 1 is 1.19 bits per heavy atom. The number of anilines is 1. The molecule has 0 unspecified atom stereocenters. The lowest BCUT2D eigenvalue weighted by molar-refractivity contribution is 0.384. The van der Waals surface area contributed by atoms with E-state index in [4.69, 9.17) is 0 Å². The SMILES string of the molecule is Cc1cc(S(=O)(=O)N2CCN(c3nccs3)CC2)c(C)s1. The molecule has 0 amide bonds. The maximum atomic E-state index is 12.7. The van der Waals surface area contributed by atoms with E-state index in [0.717, 1.165) is 14.9 Å². The van der Waals surface area contributed by atoms with Crippen molar-refractivity contribution < 1.29 is 8.42 Å². The molecule has 0 N–H and O–H groups in total. The smallest absolute Gasteiger partial charge is 0.244 e. The molecule has 1 saturated heterocycles. The van der Waals surface area contributed by atoms with Crippen molar-refractivity contribution in [3.8, 4) is 0 Å². The molecule has 0 aromatic carbocycles. The zero-order valence-corrected chi connectivity index (χ0v) is 14.4. The van der Waals surface area contributed by atoms with Gasteiger partial charge in [-0.1, -0.05) is 0 Å². The molecule has 0 atom stereocenters. The minimum Gasteiger partial charge on any atom is -0.345 e. The van der Waals surface area contributed by atoms with Gasteiger partial charge in [0.25, 0.3) is 0 Å². The zero-order valence-electron chi connectivity index (χ0n) is 11.9. The van der Waals surface area contributed by atoms with Gasteiger partial charge in [-0.2, -0.15) is 4.31 Å². The largest absolute Gasteiger partial charge is 0.345 e. The predicted molar refractivity (Wildman–Crippen MR) is 86.9 cm³/mol. The first-order valence-electron chi connectivity index (χ1n) is 6.70. The van der Waals surface area contributed by atoms with Gasteiger partial charge in [0.1, 0.15) is 0 Å². The number of aryl methyl sites for hydroxylation is 2. The fourth-order valence-electron chi connectivity index (χ4n) is 2.49. The van der Waals surface area contributed by atoms with E-state index < -0.39 is 10.0 Å². The molecule has 0 radical (unpaired) electrons. The Hall–Kier alpha value is -0.960. The van der Waals surface area contributed by atoms with Crippen LogP contribution in [0.4, 0.5) is 5.13 Å². The molecule has 1 aliphatic rings. The second-order valence-electron chi connectivity index (χ2n) is 4.98. The predicted octanol–water partition coefficient (Wildman–Crippen LogP) is 2.33. The Bertz CT molecular complexity index is 714. The topological polar surface area (TPSA) is 53.5 Å². The van der Waals surface area contributed by atoms with Gasteiger partial charge in [0.2, 0.25) is 10.0 Å². The van der Waals surface area contributed by atoms with Crippen molar-refractivity contribution in [3.05, 3.63) is 27.4 Å². The van der Waals surface area contributed by atoms with Crippen LogP contribution in [0.3, 0.4) is 0 Å². The normalized spacial score (nSPS) is 17.3. The molecule has 1 fully saturated rings. The van der Waals surface area contributed by atoms with Crippen LogP contribution in [-0.2, 0) is 10.0 Å². The molecule has 0 bridgehead atoms. The number of nitrogens with zero attached hydrogens (tertiary/aromatic N) is 3. The summed E-state index contributed by atoms with van der Waals surface area (Å²) in [6.07, 6.45) is 1.78. The van der Waals surface area contributed by atoms with Gasteiger partial charge in [-0.3, -0.25) is 0 Å². The summed E-state index contributed by atoms with van der Waals surface area (Å²) in [4.78, 5) is 8.79. The van der Waals surface area contributed by atoms with Gasteiger partial charge in [-0.25, -0.2) is 13.4 Å². The van der Waals surface area contributed by atoms with E-state index in [9.17, 15) is 8.42 Å². The summed E-state index contributed by atoms with van der Waals surface area (Å²) in [6.45, 7) is 6.21. The number of rotatable bonds is 3. The highest BCUT2D eigenvalue weighted by molar-refractivity contribution is 7.89. The highest BCUT2D eigenvalue weighted by atomic mass is 32.2. The number of hydrogen-bond acceptors (Lipinski definition) is 6. The molecule has 2 aromatic heterocycles. The fourth-order valence-corrected chi connectivity index (χ4v) is 6.14. The van der Waals surface area contributed by atoms with Crippen LogP contribution < -0.4 is 4.90 Å². The van der Waals surface area contributed by atoms with Gasteiger partial charge in [-0.05, 0) is 19.9 Å². The van der Waals surface area contributed by atoms with Gasteiger partial charge < -0.3 is 4.90 Å². The minimum absolute atomic E-state index is 0.465. The first-order valence-corrected chi connectivity index (χ1v) is 9.84. The molecule has 1 aliphatic heterocycles. The van der Waals surface area contributed by atoms with Gasteiger partial charge in [0.15, 0.2) is 5.13 Å². The van der Waals surface area contributed by atoms with Crippen molar-refractivity contribution in [1.82, 2.24) is 9.29 Å². The van der Waals surface area contributed by atoms with Crippen LogP contribution in [-0.4, -0.2) is 43.9 Å². The Morgan fingerprint density at radius 2 is 1.90 bits per heavy atom. The molecule has 8 heteroatoms. The van der Waals surface area contributed by atoms with Crippen molar-refractivity contribution in [1.29, 1.82) is 0 Å². The standard InChI is InChI=1S/C13H17N3O2S3/c1-10-9-12(11(2)20-10)21(17,18)16-6-4-15(5-7-16)13-14-3-8-19-13/h3,8-9H,4-7H2,1-2H3. The third-order valence-electron chi connectivity index (χ3n) is 3.54. The maximum Gasteiger partial charge on any atom is 0.244 e. The van der Waals surface area contributed by atoms with E-state index >= 15 is 0 Å². The molecule has 2 aromatic rings. The Kier molecular flexibility index (Phi) is 4.04. The summed E-state index contributed by atoms with van der Waals surface area (Å²) in [5.41, 5.74) is 0. The van der Waals surface area contributed by atoms with Gasteiger partial charge in [-0.15, -0.1) is 22.7 Å². The summed E-state index contributed by atoms with van der Waals surface area (Å²) in [5.74, 6) is 0. The molecule has 114 valence electrons. The number of aromatic nitrogens is 1. The van der Waals surface area contributed by atoms with Gasteiger partial charge in [0, 0.05) is 47.5 Å². The van der Waals surface area contributed by atoms with Crippen LogP contribution in [0.1, 0.15) is 9.75 Å². The Morgan fingerprint density at radius 3 is 2.43 bits per heavy atom. The lowest BCUT2D eigenvalue weighted by Crippen LogP contribution is -2.48. The van der Waals surface area contributed by atoms with Crippen molar-refractivity contribution in [2.45, 2.75) is 18.7 Å². The van der Waals surface area contributed by atoms with Crippen molar-refractivity contribution in [2.24, 2.45) is 0 Å². The Labute approximate surface area is 132 Å². The first kappa shape index (κ1) is 15.0. The molecule has 3 heterocycles. The second kappa shape index (κ2) is 5.68. The molecule has 0 aliphatic carbocycles. The van der Waals surface area contributed by atoms with Crippen molar-refractivity contribution >= 4 is 37.8 Å². The minimum atomic E-state index is -3.36. The van der Waals surface area contributed by atoms with Crippen molar-refractivity contribution in [3.63, 3.8) is 0 Å². The van der Waals surface area contributed by atoms with Crippen LogP contribution in [0, 0.1) is 13.8 Å². The lowest BCUT2D eigenvalue weighted by atomic mass is 10.4. The monoisotopic (exact) mass is 343 g/mol. The van der Waals surface area contributed by atoms with E-state index in [1.54, 1.807) is 27.9 Å². The second-order valence-corrected chi connectivity index (χ2v) is 9.22. The molecule has 21 heavy (non-hydrogen) atoms. The summed E-state index contributed by atoms with van der Waals surface area (Å²) in [5, 5.41) is 2.91. The summed E-state index contributed by atoms with van der Waals surface area (Å²) < 4.78 is 27.0. The first-order chi connectivity index (χ1) is 9.98. The van der Waals surface area contributed by atoms with Crippen LogP contribution in [0.25, 0.3) is 0 Å². The summed E-state index contributed by atoms with van der Waals surface area (Å²) in [7, 11) is -3.36. The quantitative estimate of drug-likeness (QED) is 0.858. The highest BCUT2D eigenvalue weighted by Gasteiger charge is 2.30. The number of hydrogen-bond donors (Lipinski definition) is 0. The molecule has 5 nitrogen and oxygen atoms in total. The number of thiophene rings is 1. The maximum absolute atomic E-state index is 12.7. The van der Waals surface area contributed by atoms with Crippen LogP contribution in [0.15, 0.2) is 22.5 Å². The molecular formula is C13H17N3O2S3. The van der Waals surface area contributed by atoms with Crippen LogP contribution >= 0.6 is 22.7 Å². The fraction of sp³-hybridized carbons (Fsp3) is 0.462. The average molecular weight is 343 g/mol. The van der Waals surface area contributed by atoms with E-state index in [2.05, 4.69) is 9.88 Å². The molecular weight excluding hydrogens is 326 g/mol. The van der Waals surface area contributed by atoms with Crippen LogP contribution in [0.2, 0.25) is 0 Å². The number of thiazole rings is 1. The van der Waals surface area contributed by atoms with E-state index in [0.29, 0.717) is 31.1 Å². The lowest BCUT2D eigenvalue weighted by Gasteiger charge is -2.33. The molecule has 3 rings (SSSR count).